The fourth-order valence-corrected chi connectivity index (χ4v) is 3.38. The summed E-state index contributed by atoms with van der Waals surface area (Å²) in [6.45, 7) is 5.21. The highest BCUT2D eigenvalue weighted by molar-refractivity contribution is 6.34. The van der Waals surface area contributed by atoms with Crippen molar-refractivity contribution < 1.29 is 9.90 Å². The number of likely N-dealkylation sites (tertiary alicyclic amines) is 1. The summed E-state index contributed by atoms with van der Waals surface area (Å²) in [5.41, 5.74) is 6.72. The minimum Gasteiger partial charge on any atom is -0.399 e. The van der Waals surface area contributed by atoms with E-state index in [4.69, 9.17) is 17.3 Å². The number of anilines is 1. The summed E-state index contributed by atoms with van der Waals surface area (Å²) in [6, 6.07) is 4.99. The third-order valence-corrected chi connectivity index (χ3v) is 4.64. The van der Waals surface area contributed by atoms with E-state index in [2.05, 4.69) is 4.90 Å². The van der Waals surface area contributed by atoms with E-state index >= 15 is 0 Å². The van der Waals surface area contributed by atoms with Gasteiger partial charge in [-0.3, -0.25) is 4.79 Å². The van der Waals surface area contributed by atoms with Crippen molar-refractivity contribution in [1.29, 1.82) is 0 Å². The molecule has 1 atom stereocenters. The fourth-order valence-electron chi connectivity index (χ4n) is 3.11. The topological polar surface area (TPSA) is 69.8 Å². The summed E-state index contributed by atoms with van der Waals surface area (Å²) in [4.78, 5) is 16.5. The van der Waals surface area contributed by atoms with E-state index in [0.717, 1.165) is 39.0 Å². The number of benzene rings is 1. The Morgan fingerprint density at radius 3 is 2.52 bits per heavy atom. The average Bonchev–Trinajstić information content (AvgIpc) is 2.48. The van der Waals surface area contributed by atoms with Crippen molar-refractivity contribution in [3.05, 3.63) is 28.8 Å². The first kappa shape index (κ1) is 24.3. The molecule has 1 amide bonds. The largest absolute Gasteiger partial charge is 0.399 e. The zero-order chi connectivity index (χ0) is 17.0. The number of aliphatic hydroxyl groups excluding tert-OH is 1. The summed E-state index contributed by atoms with van der Waals surface area (Å²) in [5.74, 6) is 0.420. The number of piperidine rings is 1. The second kappa shape index (κ2) is 11.1. The maximum absolute atomic E-state index is 12.5. The molecule has 1 unspecified atom stereocenters. The van der Waals surface area contributed by atoms with E-state index in [-0.39, 0.29) is 36.8 Å². The third kappa shape index (κ3) is 7.19. The van der Waals surface area contributed by atoms with Crippen LogP contribution in [0.2, 0.25) is 5.02 Å². The standard InChI is InChI=1S/C17H26ClN3O2.2ClH/c1-12(22)10-21-7-5-13(6-8-21)11-20(2)17(23)15-4-3-14(19)9-16(15)18;;/h3-4,9,12-13,22H,5-8,10-11,19H2,1-2H3;2*1H. The number of carbonyl (C=O) groups is 1. The summed E-state index contributed by atoms with van der Waals surface area (Å²) in [5, 5.41) is 9.84. The zero-order valence-electron chi connectivity index (χ0n) is 14.7. The molecule has 1 heterocycles. The SMILES string of the molecule is CC(O)CN1CCC(CN(C)C(=O)c2ccc(N)cc2Cl)CC1.Cl.Cl. The number of carbonyl (C=O) groups excluding carboxylic acids is 1. The molecule has 8 heteroatoms. The first-order valence-electron chi connectivity index (χ1n) is 8.07. The first-order chi connectivity index (χ1) is 10.9. The van der Waals surface area contributed by atoms with E-state index in [1.807, 2.05) is 14.0 Å². The first-order valence-corrected chi connectivity index (χ1v) is 8.45. The van der Waals surface area contributed by atoms with E-state index in [9.17, 15) is 9.90 Å². The van der Waals surface area contributed by atoms with Crippen LogP contribution in [-0.2, 0) is 0 Å². The van der Waals surface area contributed by atoms with Crippen molar-refractivity contribution in [2.75, 3.05) is 39.0 Å². The van der Waals surface area contributed by atoms with E-state index < -0.39 is 0 Å². The van der Waals surface area contributed by atoms with E-state index in [1.165, 1.54) is 0 Å². The van der Waals surface area contributed by atoms with Crippen molar-refractivity contribution in [2.24, 2.45) is 5.92 Å². The Bertz CT molecular complexity index is 550. The smallest absolute Gasteiger partial charge is 0.255 e. The molecular formula is C17H28Cl3N3O2. The number of aliphatic hydroxyl groups is 1. The minimum absolute atomic E-state index is 0. The number of nitrogens with zero attached hydrogens (tertiary/aromatic N) is 2. The predicted octanol–water partition coefficient (Wildman–Crippen LogP) is 2.93. The van der Waals surface area contributed by atoms with Crippen LogP contribution < -0.4 is 5.73 Å². The molecule has 1 fully saturated rings. The lowest BCUT2D eigenvalue weighted by atomic mass is 9.96. The maximum atomic E-state index is 12.5. The van der Waals surface area contributed by atoms with Gasteiger partial charge in [0.2, 0.25) is 0 Å². The van der Waals surface area contributed by atoms with Crippen LogP contribution in [0.4, 0.5) is 5.69 Å². The monoisotopic (exact) mass is 411 g/mol. The van der Waals surface area contributed by atoms with Gasteiger partial charge in [-0.05, 0) is 57.0 Å². The van der Waals surface area contributed by atoms with Gasteiger partial charge in [0.15, 0.2) is 0 Å². The van der Waals surface area contributed by atoms with Crippen LogP contribution in [0, 0.1) is 5.92 Å². The van der Waals surface area contributed by atoms with Crippen LogP contribution in [0.1, 0.15) is 30.1 Å². The molecule has 144 valence electrons. The molecule has 1 saturated heterocycles. The Morgan fingerprint density at radius 1 is 1.40 bits per heavy atom. The number of amides is 1. The molecule has 0 aliphatic carbocycles. The van der Waals surface area contributed by atoms with Crippen molar-refractivity contribution in [1.82, 2.24) is 9.80 Å². The summed E-state index contributed by atoms with van der Waals surface area (Å²) in [6.07, 6.45) is 1.79. The van der Waals surface area contributed by atoms with Gasteiger partial charge in [-0.2, -0.15) is 0 Å². The van der Waals surface area contributed by atoms with Gasteiger partial charge in [0.1, 0.15) is 0 Å². The molecule has 25 heavy (non-hydrogen) atoms. The molecule has 5 nitrogen and oxygen atoms in total. The fraction of sp³-hybridized carbons (Fsp3) is 0.588. The second-order valence-corrected chi connectivity index (χ2v) is 6.93. The highest BCUT2D eigenvalue weighted by atomic mass is 35.5. The molecule has 0 saturated carbocycles. The van der Waals surface area contributed by atoms with Gasteiger partial charge >= 0.3 is 0 Å². The number of β-amino-alcohol motifs (C(OH)–C–C–N with tert-alkyl or cyclic N) is 1. The van der Waals surface area contributed by atoms with Crippen LogP contribution in [-0.4, -0.2) is 60.1 Å². The van der Waals surface area contributed by atoms with E-state index in [0.29, 0.717) is 22.2 Å². The second-order valence-electron chi connectivity index (χ2n) is 6.52. The van der Waals surface area contributed by atoms with Gasteiger partial charge in [-0.15, -0.1) is 24.8 Å². The maximum Gasteiger partial charge on any atom is 0.255 e. The molecule has 3 N–H and O–H groups in total. The molecule has 0 spiro atoms. The van der Waals surface area contributed by atoms with Crippen LogP contribution in [0.25, 0.3) is 0 Å². The molecular weight excluding hydrogens is 385 g/mol. The van der Waals surface area contributed by atoms with Crippen molar-refractivity contribution in [2.45, 2.75) is 25.9 Å². The highest BCUT2D eigenvalue weighted by Crippen LogP contribution is 2.23. The lowest BCUT2D eigenvalue weighted by molar-refractivity contribution is 0.0703. The normalized spacial score (nSPS) is 16.5. The number of rotatable bonds is 5. The number of halogens is 3. The minimum atomic E-state index is -0.288. The Hall–Kier alpha value is -0.720. The number of hydrogen-bond acceptors (Lipinski definition) is 4. The zero-order valence-corrected chi connectivity index (χ0v) is 17.0. The molecule has 1 aliphatic heterocycles. The van der Waals surface area contributed by atoms with Gasteiger partial charge < -0.3 is 20.6 Å². The molecule has 1 aromatic carbocycles. The molecule has 1 aliphatic rings. The van der Waals surface area contributed by atoms with Crippen LogP contribution >= 0.6 is 36.4 Å². The Labute approximate surface area is 167 Å². The number of hydrogen-bond donors (Lipinski definition) is 2. The Balaban J connectivity index is 0.00000288. The summed E-state index contributed by atoms with van der Waals surface area (Å²) < 4.78 is 0. The van der Waals surface area contributed by atoms with Crippen LogP contribution in [0.5, 0.6) is 0 Å². The van der Waals surface area contributed by atoms with Gasteiger partial charge in [0, 0.05) is 25.8 Å². The Kier molecular flexibility index (Phi) is 10.8. The van der Waals surface area contributed by atoms with Crippen LogP contribution in [0.3, 0.4) is 0 Å². The quantitative estimate of drug-likeness (QED) is 0.730. The summed E-state index contributed by atoms with van der Waals surface area (Å²) in [7, 11) is 1.82. The lowest BCUT2D eigenvalue weighted by Gasteiger charge is -2.34. The number of nitrogens with two attached hydrogens (primary N) is 1. The van der Waals surface area contributed by atoms with Crippen molar-refractivity contribution in [3.63, 3.8) is 0 Å². The molecule has 1 aromatic rings. The Morgan fingerprint density at radius 2 is 2.00 bits per heavy atom. The predicted molar refractivity (Wildman–Crippen MR) is 108 cm³/mol. The average molecular weight is 413 g/mol. The van der Waals surface area contributed by atoms with Crippen LogP contribution in [0.15, 0.2) is 18.2 Å². The number of nitrogen functional groups attached to an aromatic ring is 1. The van der Waals surface area contributed by atoms with Gasteiger partial charge in [-0.25, -0.2) is 0 Å². The molecule has 0 bridgehead atoms. The van der Waals surface area contributed by atoms with Crippen molar-refractivity contribution in [3.8, 4) is 0 Å². The highest BCUT2D eigenvalue weighted by Gasteiger charge is 2.23. The van der Waals surface area contributed by atoms with Crippen molar-refractivity contribution >= 4 is 48.0 Å². The summed E-state index contributed by atoms with van der Waals surface area (Å²) >= 11 is 6.12. The lowest BCUT2D eigenvalue weighted by Crippen LogP contribution is -2.41. The van der Waals surface area contributed by atoms with Gasteiger partial charge in [-0.1, -0.05) is 11.6 Å². The molecule has 0 radical (unpaired) electrons. The van der Waals surface area contributed by atoms with E-state index in [1.54, 1.807) is 23.1 Å². The van der Waals surface area contributed by atoms with Gasteiger partial charge in [0.25, 0.3) is 5.91 Å². The molecule has 2 rings (SSSR count). The third-order valence-electron chi connectivity index (χ3n) is 4.33. The van der Waals surface area contributed by atoms with Gasteiger partial charge in [0.05, 0.1) is 16.7 Å². The molecule has 0 aromatic heterocycles.